The Kier molecular flexibility index (Phi) is 3.51. The molecular formula is C13H9BrClN3O2S. The number of nitrogens with zero attached hydrogens (tertiary/aromatic N) is 3. The van der Waals surface area contributed by atoms with E-state index in [1.807, 2.05) is 0 Å². The third kappa shape index (κ3) is 2.68. The predicted molar refractivity (Wildman–Crippen MR) is 84.2 cm³/mol. The molecule has 0 fully saturated rings. The second-order valence-corrected chi connectivity index (χ2v) is 7.75. The Balaban J connectivity index is 2.21. The van der Waals surface area contributed by atoms with Gasteiger partial charge in [0.2, 0.25) is 0 Å². The van der Waals surface area contributed by atoms with E-state index in [2.05, 4.69) is 26.0 Å². The van der Waals surface area contributed by atoms with Gasteiger partial charge in [0, 0.05) is 17.9 Å². The summed E-state index contributed by atoms with van der Waals surface area (Å²) in [5, 5.41) is 4.58. The predicted octanol–water partition coefficient (Wildman–Crippen LogP) is 3.22. The lowest BCUT2D eigenvalue weighted by Gasteiger charge is -2.06. The zero-order valence-electron chi connectivity index (χ0n) is 10.8. The Labute approximate surface area is 134 Å². The first-order valence-electron chi connectivity index (χ1n) is 5.86. The summed E-state index contributed by atoms with van der Waals surface area (Å²) in [6.45, 7) is 0. The second kappa shape index (κ2) is 5.08. The first kappa shape index (κ1) is 14.5. The summed E-state index contributed by atoms with van der Waals surface area (Å²) in [6.07, 6.45) is 2.81. The van der Waals surface area contributed by atoms with Crippen LogP contribution in [-0.4, -0.2) is 29.3 Å². The van der Waals surface area contributed by atoms with Crippen LogP contribution in [0.1, 0.15) is 0 Å². The quantitative estimate of drug-likeness (QED) is 0.634. The van der Waals surface area contributed by atoms with Gasteiger partial charge in [0.15, 0.2) is 15.5 Å². The fourth-order valence-electron chi connectivity index (χ4n) is 1.98. The van der Waals surface area contributed by atoms with Crippen LogP contribution >= 0.6 is 27.5 Å². The van der Waals surface area contributed by atoms with Gasteiger partial charge in [-0.1, -0.05) is 23.7 Å². The van der Waals surface area contributed by atoms with Gasteiger partial charge in [0.25, 0.3) is 0 Å². The molecular weight excluding hydrogens is 378 g/mol. The number of halogens is 2. The lowest BCUT2D eigenvalue weighted by molar-refractivity contribution is 0.602. The smallest absolute Gasteiger partial charge is 0.175 e. The molecule has 0 amide bonds. The highest BCUT2D eigenvalue weighted by molar-refractivity contribution is 9.10. The first-order chi connectivity index (χ1) is 9.86. The standard InChI is InChI=1S/C13H9BrClN3O2S/c1-21(19,20)9-4-2-8(3-5-9)11-6-12(15)17-13-10(14)7-16-18(11)13/h2-7H,1H3. The Morgan fingerprint density at radius 3 is 2.52 bits per heavy atom. The molecule has 108 valence electrons. The van der Waals surface area contributed by atoms with E-state index in [1.165, 1.54) is 6.26 Å². The fourth-order valence-corrected chi connectivity index (χ4v) is 3.15. The lowest BCUT2D eigenvalue weighted by atomic mass is 10.1. The SMILES string of the molecule is CS(=O)(=O)c1ccc(-c2cc(Cl)nc3c(Br)cnn23)cc1. The highest BCUT2D eigenvalue weighted by atomic mass is 79.9. The number of hydrogen-bond donors (Lipinski definition) is 0. The van der Waals surface area contributed by atoms with Crippen LogP contribution in [0, 0.1) is 0 Å². The average molecular weight is 387 g/mol. The molecule has 0 aliphatic rings. The molecule has 0 unspecified atom stereocenters. The Hall–Kier alpha value is -1.44. The Morgan fingerprint density at radius 1 is 1.24 bits per heavy atom. The lowest BCUT2D eigenvalue weighted by Crippen LogP contribution is -1.99. The average Bonchev–Trinajstić information content (AvgIpc) is 2.79. The van der Waals surface area contributed by atoms with E-state index in [0.29, 0.717) is 10.8 Å². The van der Waals surface area contributed by atoms with Crippen molar-refractivity contribution in [3.63, 3.8) is 0 Å². The minimum atomic E-state index is -3.22. The van der Waals surface area contributed by atoms with Crippen molar-refractivity contribution in [3.8, 4) is 11.3 Å². The third-order valence-corrected chi connectivity index (χ3v) is 4.86. The summed E-state index contributed by atoms with van der Waals surface area (Å²) in [6, 6.07) is 8.24. The van der Waals surface area contributed by atoms with Crippen molar-refractivity contribution in [2.24, 2.45) is 0 Å². The van der Waals surface area contributed by atoms with Gasteiger partial charge in [-0.15, -0.1) is 0 Å². The van der Waals surface area contributed by atoms with Gasteiger partial charge in [-0.2, -0.15) is 5.10 Å². The fraction of sp³-hybridized carbons (Fsp3) is 0.0769. The molecule has 5 nitrogen and oxygen atoms in total. The van der Waals surface area contributed by atoms with Crippen LogP contribution in [0.15, 0.2) is 45.9 Å². The van der Waals surface area contributed by atoms with Crippen LogP contribution in [0.3, 0.4) is 0 Å². The van der Waals surface area contributed by atoms with E-state index in [9.17, 15) is 8.42 Å². The third-order valence-electron chi connectivity index (χ3n) is 2.98. The number of rotatable bonds is 2. The van der Waals surface area contributed by atoms with Gasteiger partial charge >= 0.3 is 0 Å². The van der Waals surface area contributed by atoms with Gasteiger partial charge in [-0.3, -0.25) is 0 Å². The van der Waals surface area contributed by atoms with E-state index in [1.54, 1.807) is 41.0 Å². The summed E-state index contributed by atoms with van der Waals surface area (Å²) in [5.41, 5.74) is 2.13. The molecule has 0 saturated carbocycles. The summed E-state index contributed by atoms with van der Waals surface area (Å²) >= 11 is 9.40. The Morgan fingerprint density at radius 2 is 1.90 bits per heavy atom. The minimum absolute atomic E-state index is 0.268. The van der Waals surface area contributed by atoms with E-state index >= 15 is 0 Å². The molecule has 21 heavy (non-hydrogen) atoms. The summed E-state index contributed by atoms with van der Waals surface area (Å²) in [7, 11) is -3.22. The molecule has 8 heteroatoms. The molecule has 0 aliphatic carbocycles. The van der Waals surface area contributed by atoms with Crippen LogP contribution in [0.5, 0.6) is 0 Å². The highest BCUT2D eigenvalue weighted by Crippen LogP contribution is 2.27. The maximum Gasteiger partial charge on any atom is 0.175 e. The van der Waals surface area contributed by atoms with E-state index in [-0.39, 0.29) is 4.90 Å². The van der Waals surface area contributed by atoms with Crippen molar-refractivity contribution in [1.82, 2.24) is 14.6 Å². The van der Waals surface area contributed by atoms with Crippen LogP contribution in [0.4, 0.5) is 0 Å². The number of fused-ring (bicyclic) bond motifs is 1. The summed E-state index contributed by atoms with van der Waals surface area (Å²) < 4.78 is 25.4. The molecule has 0 bridgehead atoms. The van der Waals surface area contributed by atoms with Crippen LogP contribution in [0.25, 0.3) is 16.9 Å². The number of sulfone groups is 1. The van der Waals surface area contributed by atoms with Crippen molar-refractivity contribution >= 4 is 43.0 Å². The van der Waals surface area contributed by atoms with Gasteiger partial charge in [0.1, 0.15) is 5.15 Å². The van der Waals surface area contributed by atoms with Gasteiger partial charge in [-0.25, -0.2) is 17.9 Å². The van der Waals surface area contributed by atoms with Crippen molar-refractivity contribution in [2.75, 3.05) is 6.26 Å². The molecule has 2 heterocycles. The maximum atomic E-state index is 11.5. The van der Waals surface area contributed by atoms with E-state index < -0.39 is 9.84 Å². The van der Waals surface area contributed by atoms with Gasteiger partial charge in [-0.05, 0) is 28.1 Å². The van der Waals surface area contributed by atoms with Gasteiger partial charge in [0.05, 0.1) is 21.3 Å². The zero-order chi connectivity index (χ0) is 15.2. The molecule has 0 aliphatic heterocycles. The summed E-state index contributed by atoms with van der Waals surface area (Å²) in [5.74, 6) is 0. The van der Waals surface area contributed by atoms with Gasteiger partial charge < -0.3 is 0 Å². The number of benzene rings is 1. The molecule has 2 aromatic heterocycles. The van der Waals surface area contributed by atoms with E-state index in [4.69, 9.17) is 11.6 Å². The highest BCUT2D eigenvalue weighted by Gasteiger charge is 2.12. The first-order valence-corrected chi connectivity index (χ1v) is 8.93. The molecule has 0 radical (unpaired) electrons. The molecule has 3 aromatic rings. The molecule has 1 aromatic carbocycles. The largest absolute Gasteiger partial charge is 0.224 e. The molecule has 0 atom stereocenters. The number of hydrogen-bond acceptors (Lipinski definition) is 4. The minimum Gasteiger partial charge on any atom is -0.224 e. The summed E-state index contributed by atoms with van der Waals surface area (Å²) in [4.78, 5) is 4.47. The number of aromatic nitrogens is 3. The van der Waals surface area contributed by atoms with E-state index in [0.717, 1.165) is 15.7 Å². The van der Waals surface area contributed by atoms with Crippen molar-refractivity contribution < 1.29 is 8.42 Å². The normalized spacial score (nSPS) is 12.0. The van der Waals surface area contributed by atoms with Crippen LogP contribution in [-0.2, 0) is 9.84 Å². The molecule has 3 rings (SSSR count). The molecule has 0 N–H and O–H groups in total. The maximum absolute atomic E-state index is 11.5. The van der Waals surface area contributed by atoms with Crippen molar-refractivity contribution in [2.45, 2.75) is 4.90 Å². The Bertz CT molecular complexity index is 936. The van der Waals surface area contributed by atoms with Crippen LogP contribution in [0.2, 0.25) is 5.15 Å². The van der Waals surface area contributed by atoms with Crippen LogP contribution < -0.4 is 0 Å². The monoisotopic (exact) mass is 385 g/mol. The topological polar surface area (TPSA) is 64.3 Å². The zero-order valence-corrected chi connectivity index (χ0v) is 13.9. The molecule has 0 saturated heterocycles. The second-order valence-electron chi connectivity index (χ2n) is 4.49. The van der Waals surface area contributed by atoms with Crippen molar-refractivity contribution in [1.29, 1.82) is 0 Å². The van der Waals surface area contributed by atoms with Crippen molar-refractivity contribution in [3.05, 3.63) is 46.2 Å². The molecule has 0 spiro atoms.